The molecule has 4 heteroatoms. The van der Waals surface area contributed by atoms with E-state index < -0.39 is 0 Å². The van der Waals surface area contributed by atoms with E-state index in [0.717, 1.165) is 4.47 Å². The van der Waals surface area contributed by atoms with E-state index in [1.165, 1.54) is 0 Å². The van der Waals surface area contributed by atoms with E-state index in [4.69, 9.17) is 0 Å². The van der Waals surface area contributed by atoms with Gasteiger partial charge in [-0.2, -0.15) is 0 Å². The molecule has 0 spiro atoms. The van der Waals surface area contributed by atoms with Crippen molar-refractivity contribution >= 4 is 21.6 Å². The molecule has 0 saturated heterocycles. The Morgan fingerprint density at radius 3 is 2.90 bits per heavy atom. The summed E-state index contributed by atoms with van der Waals surface area (Å²) in [6.45, 7) is 0. The van der Waals surface area contributed by atoms with Crippen LogP contribution in [-0.4, -0.2) is 12.0 Å². The lowest BCUT2D eigenvalue weighted by atomic mass is 10.4. The maximum Gasteiger partial charge on any atom is 0.271 e. The highest BCUT2D eigenvalue weighted by atomic mass is 79.9. The molecule has 54 valence electrons. The van der Waals surface area contributed by atoms with Crippen LogP contribution in [0, 0.1) is 0 Å². The molecule has 3 nitrogen and oxygen atoms in total. The third kappa shape index (κ3) is 1.39. The number of halogens is 1. The summed E-state index contributed by atoms with van der Waals surface area (Å²) < 4.78 is 0.858. The van der Waals surface area contributed by atoms with Crippen LogP contribution in [0.2, 0.25) is 0 Å². The summed E-state index contributed by atoms with van der Waals surface area (Å²) in [6.07, 6.45) is 1.60. The van der Waals surface area contributed by atoms with Crippen molar-refractivity contribution in [2.75, 3.05) is 12.4 Å². The molecule has 1 heterocycles. The lowest BCUT2D eigenvalue weighted by Gasteiger charge is -1.96. The Labute approximate surface area is 66.6 Å². The van der Waals surface area contributed by atoms with Gasteiger partial charge in [0.25, 0.3) is 5.56 Å². The van der Waals surface area contributed by atoms with Crippen LogP contribution in [0.3, 0.4) is 0 Å². The third-order valence-electron chi connectivity index (χ3n) is 1.14. The van der Waals surface area contributed by atoms with E-state index in [9.17, 15) is 4.79 Å². The lowest BCUT2D eigenvalue weighted by molar-refractivity contribution is 1.21. The van der Waals surface area contributed by atoms with Crippen LogP contribution < -0.4 is 10.9 Å². The fraction of sp³-hybridized carbons (Fsp3) is 0.167. The molecule has 2 N–H and O–H groups in total. The number of hydrogen-bond donors (Lipinski definition) is 2. The number of H-pyrrole nitrogens is 1. The minimum atomic E-state index is -0.106. The zero-order valence-electron chi connectivity index (χ0n) is 5.44. The molecule has 0 bridgehead atoms. The van der Waals surface area contributed by atoms with Crippen molar-refractivity contribution < 1.29 is 0 Å². The van der Waals surface area contributed by atoms with Gasteiger partial charge < -0.3 is 10.3 Å². The van der Waals surface area contributed by atoms with Gasteiger partial charge in [0.2, 0.25) is 0 Å². The second-order valence-electron chi connectivity index (χ2n) is 1.81. The number of hydrogen-bond acceptors (Lipinski definition) is 2. The normalized spacial score (nSPS) is 9.40. The topological polar surface area (TPSA) is 44.9 Å². The quantitative estimate of drug-likeness (QED) is 0.719. The molecule has 0 fully saturated rings. The van der Waals surface area contributed by atoms with Gasteiger partial charge in [0.15, 0.2) is 0 Å². The predicted octanol–water partition coefficient (Wildman–Crippen LogP) is 1.18. The minimum absolute atomic E-state index is 0.106. The largest absolute Gasteiger partial charge is 0.384 e. The Balaban J connectivity index is 3.22. The smallest absolute Gasteiger partial charge is 0.271 e. The Morgan fingerprint density at radius 1 is 1.70 bits per heavy atom. The SMILES string of the molecule is CNc1cc(Br)c[nH]c1=O. The first kappa shape index (κ1) is 7.34. The number of aromatic nitrogens is 1. The van der Waals surface area contributed by atoms with E-state index >= 15 is 0 Å². The van der Waals surface area contributed by atoms with Crippen molar-refractivity contribution in [3.8, 4) is 0 Å². The molecular weight excluding hydrogens is 196 g/mol. The van der Waals surface area contributed by atoms with E-state index in [2.05, 4.69) is 26.2 Å². The van der Waals surface area contributed by atoms with Crippen molar-refractivity contribution in [3.05, 3.63) is 27.1 Å². The highest BCUT2D eigenvalue weighted by Crippen LogP contribution is 2.08. The van der Waals surface area contributed by atoms with Gasteiger partial charge in [-0.25, -0.2) is 0 Å². The first-order chi connectivity index (χ1) is 4.74. The summed E-state index contributed by atoms with van der Waals surface area (Å²) in [5.74, 6) is 0. The maximum atomic E-state index is 10.9. The van der Waals surface area contributed by atoms with Crippen molar-refractivity contribution in [2.45, 2.75) is 0 Å². The highest BCUT2D eigenvalue weighted by Gasteiger charge is 1.94. The van der Waals surface area contributed by atoms with Gasteiger partial charge in [0.1, 0.15) is 5.69 Å². The summed E-state index contributed by atoms with van der Waals surface area (Å²) in [5, 5.41) is 2.76. The molecule has 0 aliphatic heterocycles. The van der Waals surface area contributed by atoms with Crippen LogP contribution in [0.5, 0.6) is 0 Å². The molecule has 0 amide bonds. The van der Waals surface area contributed by atoms with E-state index in [0.29, 0.717) is 5.69 Å². The van der Waals surface area contributed by atoms with Gasteiger partial charge in [-0.05, 0) is 22.0 Å². The number of nitrogens with one attached hydrogen (secondary N) is 2. The summed E-state index contributed by atoms with van der Waals surface area (Å²) in [5.41, 5.74) is 0.458. The van der Waals surface area contributed by atoms with Crippen LogP contribution in [0.1, 0.15) is 0 Å². The Morgan fingerprint density at radius 2 is 2.40 bits per heavy atom. The summed E-state index contributed by atoms with van der Waals surface area (Å²) >= 11 is 3.23. The van der Waals surface area contributed by atoms with Crippen molar-refractivity contribution in [1.29, 1.82) is 0 Å². The predicted molar refractivity (Wildman–Crippen MR) is 44.3 cm³/mol. The average Bonchev–Trinajstić information content (AvgIpc) is 1.94. The van der Waals surface area contributed by atoms with Crippen molar-refractivity contribution in [2.24, 2.45) is 0 Å². The van der Waals surface area contributed by atoms with E-state index in [1.54, 1.807) is 19.3 Å². The first-order valence-corrected chi connectivity index (χ1v) is 3.59. The van der Waals surface area contributed by atoms with E-state index in [-0.39, 0.29) is 5.56 Å². The first-order valence-electron chi connectivity index (χ1n) is 2.80. The van der Waals surface area contributed by atoms with Gasteiger partial charge >= 0.3 is 0 Å². The Kier molecular flexibility index (Phi) is 2.11. The second-order valence-corrected chi connectivity index (χ2v) is 2.73. The van der Waals surface area contributed by atoms with Gasteiger partial charge in [-0.1, -0.05) is 0 Å². The molecule has 0 atom stereocenters. The Bertz CT molecular complexity index is 281. The molecule has 1 rings (SSSR count). The standard InChI is InChI=1S/C6H7BrN2O/c1-8-5-2-4(7)3-9-6(5)10/h2-3,8H,1H3,(H,9,10). The van der Waals surface area contributed by atoms with Crippen LogP contribution >= 0.6 is 15.9 Å². The van der Waals surface area contributed by atoms with Crippen LogP contribution in [0.15, 0.2) is 21.5 Å². The molecular formula is C6H7BrN2O. The molecule has 1 aromatic heterocycles. The zero-order valence-corrected chi connectivity index (χ0v) is 7.03. The fourth-order valence-corrected chi connectivity index (χ4v) is 0.986. The molecule has 0 radical (unpaired) electrons. The number of rotatable bonds is 1. The van der Waals surface area contributed by atoms with Crippen LogP contribution in [0.4, 0.5) is 5.69 Å². The molecule has 10 heavy (non-hydrogen) atoms. The summed E-state index contributed by atoms with van der Waals surface area (Å²) in [6, 6.07) is 1.72. The molecule has 0 aliphatic rings. The number of anilines is 1. The number of aromatic amines is 1. The molecule has 0 aliphatic carbocycles. The number of pyridine rings is 1. The minimum Gasteiger partial charge on any atom is -0.384 e. The van der Waals surface area contributed by atoms with Crippen LogP contribution in [0.25, 0.3) is 0 Å². The third-order valence-corrected chi connectivity index (χ3v) is 1.60. The molecule has 0 saturated carbocycles. The van der Waals surface area contributed by atoms with Crippen molar-refractivity contribution in [3.63, 3.8) is 0 Å². The average molecular weight is 203 g/mol. The molecule has 0 aromatic carbocycles. The molecule has 1 aromatic rings. The lowest BCUT2D eigenvalue weighted by Crippen LogP contribution is -2.10. The molecule has 0 unspecified atom stereocenters. The van der Waals surface area contributed by atoms with Crippen LogP contribution in [-0.2, 0) is 0 Å². The highest BCUT2D eigenvalue weighted by molar-refractivity contribution is 9.10. The van der Waals surface area contributed by atoms with Gasteiger partial charge in [-0.15, -0.1) is 0 Å². The monoisotopic (exact) mass is 202 g/mol. The van der Waals surface area contributed by atoms with Gasteiger partial charge in [-0.3, -0.25) is 4.79 Å². The van der Waals surface area contributed by atoms with E-state index in [1.807, 2.05) is 0 Å². The fourth-order valence-electron chi connectivity index (χ4n) is 0.643. The summed E-state index contributed by atoms with van der Waals surface area (Å²) in [4.78, 5) is 13.4. The second kappa shape index (κ2) is 2.88. The van der Waals surface area contributed by atoms with Crippen molar-refractivity contribution in [1.82, 2.24) is 4.98 Å². The van der Waals surface area contributed by atoms with Gasteiger partial charge in [0.05, 0.1) is 0 Å². The zero-order chi connectivity index (χ0) is 7.56. The maximum absolute atomic E-state index is 10.9. The summed E-state index contributed by atoms with van der Waals surface area (Å²) in [7, 11) is 1.71. The Hall–Kier alpha value is -0.770. The van der Waals surface area contributed by atoms with Gasteiger partial charge in [0, 0.05) is 17.7 Å².